The summed E-state index contributed by atoms with van der Waals surface area (Å²) in [5.74, 6) is 1.53. The van der Waals surface area contributed by atoms with Crippen LogP contribution < -0.4 is 5.32 Å². The van der Waals surface area contributed by atoms with Crippen LogP contribution in [0.25, 0.3) is 0 Å². The molecule has 0 aliphatic heterocycles. The highest BCUT2D eigenvalue weighted by molar-refractivity contribution is 5.11. The van der Waals surface area contributed by atoms with Crippen LogP contribution >= 0.6 is 0 Å². The Hall–Kier alpha value is -0.830. The smallest absolute Gasteiger partial charge is 0.0492 e. The molecule has 2 unspecified atom stereocenters. The van der Waals surface area contributed by atoms with Crippen molar-refractivity contribution in [1.82, 2.24) is 15.1 Å². The molecule has 1 N–H and O–H groups in total. The minimum absolute atomic E-state index is 0.724. The Morgan fingerprint density at radius 1 is 1.41 bits per heavy atom. The van der Waals surface area contributed by atoms with Gasteiger partial charge in [-0.3, -0.25) is 4.68 Å². The molecule has 0 saturated heterocycles. The van der Waals surface area contributed by atoms with Gasteiger partial charge in [-0.05, 0) is 51.3 Å². The Morgan fingerprint density at radius 3 is 3.06 bits per heavy atom. The fraction of sp³-hybridized carbons (Fsp3) is 0.786. The maximum atomic E-state index is 4.41. The van der Waals surface area contributed by atoms with Crippen molar-refractivity contribution in [2.45, 2.75) is 52.0 Å². The summed E-state index contributed by atoms with van der Waals surface area (Å²) in [6.45, 7) is 7.72. The van der Waals surface area contributed by atoms with Gasteiger partial charge in [-0.1, -0.05) is 13.3 Å². The predicted octanol–water partition coefficient (Wildman–Crippen LogP) is 2.79. The minimum Gasteiger partial charge on any atom is -0.316 e. The summed E-state index contributed by atoms with van der Waals surface area (Å²) in [7, 11) is 0. The number of aromatic nitrogens is 2. The highest BCUT2D eigenvalue weighted by atomic mass is 15.3. The maximum Gasteiger partial charge on any atom is 0.0492 e. The fourth-order valence-corrected chi connectivity index (χ4v) is 3.06. The van der Waals surface area contributed by atoms with E-state index in [1.807, 2.05) is 6.20 Å². The lowest BCUT2D eigenvalue weighted by molar-refractivity contribution is 0.422. The van der Waals surface area contributed by atoms with E-state index in [1.54, 1.807) is 0 Å². The van der Waals surface area contributed by atoms with Gasteiger partial charge >= 0.3 is 0 Å². The lowest BCUT2D eigenvalue weighted by atomic mass is 9.92. The molecule has 1 heterocycles. The van der Waals surface area contributed by atoms with Crippen LogP contribution in [0.4, 0.5) is 0 Å². The Morgan fingerprint density at radius 2 is 2.29 bits per heavy atom. The summed E-state index contributed by atoms with van der Waals surface area (Å²) < 4.78 is 2.17. The van der Waals surface area contributed by atoms with Gasteiger partial charge in [0.05, 0.1) is 0 Å². The molecule has 96 valence electrons. The van der Waals surface area contributed by atoms with Crippen molar-refractivity contribution in [3.8, 4) is 0 Å². The molecule has 3 heteroatoms. The summed E-state index contributed by atoms with van der Waals surface area (Å²) in [5.41, 5.74) is 1.45. The molecule has 1 aliphatic rings. The van der Waals surface area contributed by atoms with E-state index >= 15 is 0 Å². The van der Waals surface area contributed by atoms with Crippen LogP contribution in [0.2, 0.25) is 0 Å². The molecule has 0 aromatic carbocycles. The molecular formula is C14H25N3. The number of nitrogens with one attached hydrogen (secondary N) is 1. The van der Waals surface area contributed by atoms with Crippen LogP contribution in [0.15, 0.2) is 12.3 Å². The highest BCUT2D eigenvalue weighted by Crippen LogP contribution is 2.39. The van der Waals surface area contributed by atoms with Crippen LogP contribution in [0.1, 0.15) is 51.1 Å². The normalized spacial score (nSPS) is 24.4. The quantitative estimate of drug-likeness (QED) is 0.768. The number of rotatable bonds is 6. The second-order valence-electron chi connectivity index (χ2n) is 5.07. The Kier molecular flexibility index (Phi) is 4.60. The molecule has 1 aliphatic carbocycles. The third-order valence-corrected chi connectivity index (χ3v) is 3.92. The molecule has 3 nitrogen and oxygen atoms in total. The Labute approximate surface area is 105 Å². The van der Waals surface area contributed by atoms with E-state index in [4.69, 9.17) is 0 Å². The molecule has 0 amide bonds. The molecule has 17 heavy (non-hydrogen) atoms. The molecule has 0 spiro atoms. The van der Waals surface area contributed by atoms with Gasteiger partial charge in [-0.25, -0.2) is 0 Å². The van der Waals surface area contributed by atoms with Crippen molar-refractivity contribution >= 4 is 0 Å². The van der Waals surface area contributed by atoms with Crippen molar-refractivity contribution in [2.75, 3.05) is 13.1 Å². The van der Waals surface area contributed by atoms with Crippen LogP contribution in [0.5, 0.6) is 0 Å². The summed E-state index contributed by atoms with van der Waals surface area (Å²) >= 11 is 0. The first-order valence-electron chi connectivity index (χ1n) is 7.09. The van der Waals surface area contributed by atoms with Crippen LogP contribution in [0.3, 0.4) is 0 Å². The molecule has 1 aromatic heterocycles. The first-order valence-corrected chi connectivity index (χ1v) is 7.09. The van der Waals surface area contributed by atoms with Gasteiger partial charge < -0.3 is 5.32 Å². The van der Waals surface area contributed by atoms with Crippen molar-refractivity contribution in [2.24, 2.45) is 5.92 Å². The van der Waals surface area contributed by atoms with Crippen molar-refractivity contribution in [3.63, 3.8) is 0 Å². The summed E-state index contributed by atoms with van der Waals surface area (Å²) in [4.78, 5) is 0. The van der Waals surface area contributed by atoms with E-state index in [0.717, 1.165) is 24.9 Å². The lowest BCUT2D eigenvalue weighted by Gasteiger charge is -2.21. The third kappa shape index (κ3) is 2.89. The monoisotopic (exact) mass is 235 g/mol. The average molecular weight is 235 g/mol. The third-order valence-electron chi connectivity index (χ3n) is 3.92. The van der Waals surface area contributed by atoms with Gasteiger partial charge in [0.15, 0.2) is 0 Å². The molecule has 2 atom stereocenters. The maximum absolute atomic E-state index is 4.41. The zero-order chi connectivity index (χ0) is 12.1. The standard InChI is InChI=1S/C14H25N3/c1-3-9-15-11-12-6-5-7-13(12)14-8-10-16-17(14)4-2/h8,10,12-13,15H,3-7,9,11H2,1-2H3. The number of nitrogens with zero attached hydrogens (tertiary/aromatic N) is 2. The molecule has 0 radical (unpaired) electrons. The van der Waals surface area contributed by atoms with Crippen molar-refractivity contribution in [3.05, 3.63) is 18.0 Å². The lowest BCUT2D eigenvalue weighted by Crippen LogP contribution is -2.26. The zero-order valence-electron chi connectivity index (χ0n) is 11.2. The highest BCUT2D eigenvalue weighted by Gasteiger charge is 2.30. The van der Waals surface area contributed by atoms with Crippen molar-refractivity contribution < 1.29 is 0 Å². The van der Waals surface area contributed by atoms with E-state index in [-0.39, 0.29) is 0 Å². The van der Waals surface area contributed by atoms with Crippen LogP contribution in [-0.2, 0) is 6.54 Å². The number of aryl methyl sites for hydroxylation is 1. The van der Waals surface area contributed by atoms with Gasteiger partial charge in [-0.2, -0.15) is 5.10 Å². The average Bonchev–Trinajstić information content (AvgIpc) is 2.96. The fourth-order valence-electron chi connectivity index (χ4n) is 3.06. The van der Waals surface area contributed by atoms with Gasteiger partial charge in [-0.15, -0.1) is 0 Å². The van der Waals surface area contributed by atoms with E-state index < -0.39 is 0 Å². The molecule has 0 bridgehead atoms. The van der Waals surface area contributed by atoms with Crippen molar-refractivity contribution in [1.29, 1.82) is 0 Å². The van der Waals surface area contributed by atoms with Gasteiger partial charge in [0.2, 0.25) is 0 Å². The largest absolute Gasteiger partial charge is 0.316 e. The van der Waals surface area contributed by atoms with Crippen LogP contribution in [-0.4, -0.2) is 22.9 Å². The second-order valence-corrected chi connectivity index (χ2v) is 5.07. The predicted molar refractivity (Wildman–Crippen MR) is 71.1 cm³/mol. The first kappa shape index (κ1) is 12.6. The summed E-state index contributed by atoms with van der Waals surface area (Å²) in [6.07, 6.45) is 7.26. The van der Waals surface area contributed by atoms with Gasteiger partial charge in [0, 0.05) is 24.4 Å². The van der Waals surface area contributed by atoms with Gasteiger partial charge in [0.1, 0.15) is 0 Å². The van der Waals surface area contributed by atoms with Crippen LogP contribution in [0, 0.1) is 5.92 Å². The molecule has 2 rings (SSSR count). The molecule has 1 saturated carbocycles. The summed E-state index contributed by atoms with van der Waals surface area (Å²) in [5, 5.41) is 7.98. The number of hydrogen-bond donors (Lipinski definition) is 1. The first-order chi connectivity index (χ1) is 8.36. The summed E-state index contributed by atoms with van der Waals surface area (Å²) in [6, 6.07) is 2.21. The van der Waals surface area contributed by atoms with Gasteiger partial charge in [0.25, 0.3) is 0 Å². The topological polar surface area (TPSA) is 29.9 Å². The minimum atomic E-state index is 0.724. The van der Waals surface area contributed by atoms with E-state index in [9.17, 15) is 0 Å². The van der Waals surface area contributed by atoms with E-state index in [0.29, 0.717) is 0 Å². The molecular weight excluding hydrogens is 210 g/mol. The zero-order valence-corrected chi connectivity index (χ0v) is 11.2. The SMILES string of the molecule is CCCNCC1CCCC1c1ccnn1CC. The Balaban J connectivity index is 1.99. The molecule has 1 aromatic rings. The van der Waals surface area contributed by atoms with E-state index in [2.05, 4.69) is 35.0 Å². The molecule has 1 fully saturated rings. The van der Waals surface area contributed by atoms with E-state index in [1.165, 1.54) is 37.9 Å². The Bertz CT molecular complexity index is 332. The second kappa shape index (κ2) is 6.20. The number of hydrogen-bond acceptors (Lipinski definition) is 2.